The topological polar surface area (TPSA) is 0 Å². The number of rotatable bonds is 5. The van der Waals surface area contributed by atoms with Gasteiger partial charge >= 0.3 is 0 Å². The first-order chi connectivity index (χ1) is 9.19. The van der Waals surface area contributed by atoms with Crippen molar-refractivity contribution in [3.05, 3.63) is 70.5 Å². The maximum absolute atomic E-state index is 13.4. The Morgan fingerprint density at radius 1 is 0.947 bits per heavy atom. The Morgan fingerprint density at radius 2 is 1.63 bits per heavy atom. The van der Waals surface area contributed by atoms with E-state index >= 15 is 0 Å². The Morgan fingerprint density at radius 3 is 2.26 bits per heavy atom. The monoisotopic (exact) mass is 296 g/mol. The molecule has 0 bridgehead atoms. The zero-order valence-corrected chi connectivity index (χ0v) is 12.0. The van der Waals surface area contributed by atoms with Crippen molar-refractivity contribution in [3.8, 4) is 0 Å². The van der Waals surface area contributed by atoms with E-state index < -0.39 is 0 Å². The lowest BCUT2D eigenvalue weighted by molar-refractivity contribution is 0.576. The Kier molecular flexibility index (Phi) is 5.24. The lowest BCUT2D eigenvalue weighted by atomic mass is 9.94. The largest absolute Gasteiger partial charge is 0.205 e. The van der Waals surface area contributed by atoms with E-state index in [4.69, 9.17) is 23.2 Å². The molecule has 0 nitrogen and oxygen atoms in total. The smallest absolute Gasteiger partial charge is 0.142 e. The number of halogens is 3. The number of hydrogen-bond acceptors (Lipinski definition) is 0. The maximum Gasteiger partial charge on any atom is 0.142 e. The summed E-state index contributed by atoms with van der Waals surface area (Å²) in [6, 6.07) is 15.1. The van der Waals surface area contributed by atoms with E-state index in [-0.39, 0.29) is 10.8 Å². The Bertz CT molecular complexity index is 526. The van der Waals surface area contributed by atoms with Gasteiger partial charge in [-0.25, -0.2) is 4.39 Å². The van der Waals surface area contributed by atoms with Crippen LogP contribution in [0.25, 0.3) is 0 Å². The molecule has 2 rings (SSSR count). The average Bonchev–Trinajstić information content (AvgIpc) is 2.43. The maximum atomic E-state index is 13.4. The first-order valence-corrected chi connectivity index (χ1v) is 7.14. The molecule has 19 heavy (non-hydrogen) atoms. The normalized spacial score (nSPS) is 12.4. The summed E-state index contributed by atoms with van der Waals surface area (Å²) in [6.07, 6.45) is 1.65. The third kappa shape index (κ3) is 4.22. The van der Waals surface area contributed by atoms with Gasteiger partial charge in [0.15, 0.2) is 0 Å². The molecular weight excluding hydrogens is 282 g/mol. The SMILES string of the molecule is Fc1cc(CC(CCl)Cc2ccccc2)ccc1Cl. The molecule has 0 heterocycles. The highest BCUT2D eigenvalue weighted by atomic mass is 35.5. The van der Waals surface area contributed by atoms with Gasteiger partial charge < -0.3 is 0 Å². The van der Waals surface area contributed by atoms with E-state index in [1.807, 2.05) is 24.3 Å². The summed E-state index contributed by atoms with van der Waals surface area (Å²) in [5.41, 5.74) is 2.19. The first kappa shape index (κ1) is 14.4. The van der Waals surface area contributed by atoms with Crippen molar-refractivity contribution in [2.24, 2.45) is 5.92 Å². The van der Waals surface area contributed by atoms with Gasteiger partial charge in [0.05, 0.1) is 5.02 Å². The van der Waals surface area contributed by atoms with Gasteiger partial charge in [0.25, 0.3) is 0 Å². The van der Waals surface area contributed by atoms with Crippen molar-refractivity contribution in [2.45, 2.75) is 12.8 Å². The van der Waals surface area contributed by atoms with Crippen LogP contribution in [0, 0.1) is 11.7 Å². The van der Waals surface area contributed by atoms with Crippen molar-refractivity contribution >= 4 is 23.2 Å². The van der Waals surface area contributed by atoms with E-state index in [9.17, 15) is 4.39 Å². The molecule has 0 N–H and O–H groups in total. The van der Waals surface area contributed by atoms with Gasteiger partial charge in [-0.15, -0.1) is 11.6 Å². The molecule has 0 amide bonds. The van der Waals surface area contributed by atoms with E-state index in [0.717, 1.165) is 18.4 Å². The van der Waals surface area contributed by atoms with Crippen LogP contribution < -0.4 is 0 Å². The summed E-state index contributed by atoms with van der Waals surface area (Å²) >= 11 is 11.7. The average molecular weight is 297 g/mol. The molecule has 0 aliphatic carbocycles. The zero-order valence-electron chi connectivity index (χ0n) is 10.5. The molecule has 1 atom stereocenters. The van der Waals surface area contributed by atoms with Crippen LogP contribution in [0.4, 0.5) is 4.39 Å². The van der Waals surface area contributed by atoms with Gasteiger partial charge in [0.1, 0.15) is 5.82 Å². The van der Waals surface area contributed by atoms with Gasteiger partial charge in [-0.3, -0.25) is 0 Å². The summed E-state index contributed by atoms with van der Waals surface area (Å²) in [6.45, 7) is 0. The van der Waals surface area contributed by atoms with Crippen LogP contribution in [-0.4, -0.2) is 5.88 Å². The molecule has 0 saturated carbocycles. The van der Waals surface area contributed by atoms with Gasteiger partial charge in [0.2, 0.25) is 0 Å². The fourth-order valence-electron chi connectivity index (χ4n) is 2.13. The molecule has 1 unspecified atom stereocenters. The highest BCUT2D eigenvalue weighted by Gasteiger charge is 2.11. The van der Waals surface area contributed by atoms with Crippen LogP contribution in [0.5, 0.6) is 0 Å². The minimum atomic E-state index is -0.368. The van der Waals surface area contributed by atoms with E-state index in [2.05, 4.69) is 12.1 Å². The van der Waals surface area contributed by atoms with Crippen molar-refractivity contribution in [3.63, 3.8) is 0 Å². The highest BCUT2D eigenvalue weighted by molar-refractivity contribution is 6.30. The minimum Gasteiger partial charge on any atom is -0.205 e. The number of alkyl halides is 1. The predicted molar refractivity (Wildman–Crippen MR) is 79.5 cm³/mol. The molecule has 0 spiro atoms. The van der Waals surface area contributed by atoms with Crippen LogP contribution in [0.2, 0.25) is 5.02 Å². The van der Waals surface area contributed by atoms with Gasteiger partial charge in [-0.2, -0.15) is 0 Å². The molecular formula is C16H15Cl2F. The summed E-state index contributed by atoms with van der Waals surface area (Å²) < 4.78 is 13.4. The van der Waals surface area contributed by atoms with Gasteiger partial charge in [-0.1, -0.05) is 48.0 Å². The zero-order chi connectivity index (χ0) is 13.7. The van der Waals surface area contributed by atoms with E-state index in [1.54, 1.807) is 6.07 Å². The molecule has 2 aromatic carbocycles. The second-order valence-electron chi connectivity index (χ2n) is 4.66. The van der Waals surface area contributed by atoms with Gasteiger partial charge in [0, 0.05) is 5.88 Å². The molecule has 0 aliphatic heterocycles. The fraction of sp³-hybridized carbons (Fsp3) is 0.250. The van der Waals surface area contributed by atoms with Crippen LogP contribution >= 0.6 is 23.2 Å². The second kappa shape index (κ2) is 6.93. The highest BCUT2D eigenvalue weighted by Crippen LogP contribution is 2.20. The standard InChI is InChI=1S/C16H15Cl2F/c17-11-14(8-12-4-2-1-3-5-12)9-13-6-7-15(18)16(19)10-13/h1-7,10,14H,8-9,11H2. The molecule has 0 radical (unpaired) electrons. The molecule has 0 aromatic heterocycles. The van der Waals surface area contributed by atoms with Crippen molar-refractivity contribution < 1.29 is 4.39 Å². The minimum absolute atomic E-state index is 0.161. The molecule has 3 heteroatoms. The van der Waals surface area contributed by atoms with Crippen molar-refractivity contribution in [2.75, 3.05) is 5.88 Å². The van der Waals surface area contributed by atoms with Crippen LogP contribution in [0.15, 0.2) is 48.5 Å². The van der Waals surface area contributed by atoms with Crippen LogP contribution in [0.3, 0.4) is 0 Å². The van der Waals surface area contributed by atoms with E-state index in [1.165, 1.54) is 11.6 Å². The molecule has 0 aliphatic rings. The molecule has 100 valence electrons. The third-order valence-electron chi connectivity index (χ3n) is 3.09. The number of benzene rings is 2. The number of hydrogen-bond donors (Lipinski definition) is 0. The predicted octanol–water partition coefficient (Wildman–Crippen LogP) is 5.12. The molecule has 2 aromatic rings. The first-order valence-electron chi connectivity index (χ1n) is 6.23. The van der Waals surface area contributed by atoms with Crippen molar-refractivity contribution in [1.29, 1.82) is 0 Å². The fourth-order valence-corrected chi connectivity index (χ4v) is 2.46. The van der Waals surface area contributed by atoms with Crippen LogP contribution in [0.1, 0.15) is 11.1 Å². The molecule has 0 fully saturated rings. The third-order valence-corrected chi connectivity index (χ3v) is 3.84. The second-order valence-corrected chi connectivity index (χ2v) is 5.38. The van der Waals surface area contributed by atoms with Crippen molar-refractivity contribution in [1.82, 2.24) is 0 Å². The lowest BCUT2D eigenvalue weighted by Crippen LogP contribution is -2.10. The Hall–Kier alpha value is -1.05. The quantitative estimate of drug-likeness (QED) is 0.672. The van der Waals surface area contributed by atoms with Gasteiger partial charge in [-0.05, 0) is 42.0 Å². The Labute approximate surface area is 123 Å². The Balaban J connectivity index is 2.04. The van der Waals surface area contributed by atoms with Crippen LogP contribution in [-0.2, 0) is 12.8 Å². The molecule has 0 saturated heterocycles. The summed E-state index contributed by atoms with van der Waals surface area (Å²) in [7, 11) is 0. The summed E-state index contributed by atoms with van der Waals surface area (Å²) in [5.74, 6) is 0.482. The summed E-state index contributed by atoms with van der Waals surface area (Å²) in [4.78, 5) is 0. The summed E-state index contributed by atoms with van der Waals surface area (Å²) in [5, 5.41) is 0.161. The van der Waals surface area contributed by atoms with E-state index in [0.29, 0.717) is 11.8 Å². The lowest BCUT2D eigenvalue weighted by Gasteiger charge is -2.14.